The number of methoxy groups -OCH3 is 1. The molecule has 9 heteroatoms. The van der Waals surface area contributed by atoms with Gasteiger partial charge >= 0.3 is 0 Å². The van der Waals surface area contributed by atoms with Crippen molar-refractivity contribution in [1.82, 2.24) is 4.90 Å². The number of nitrogens with one attached hydrogen (secondary N) is 1. The maximum absolute atomic E-state index is 13.0. The minimum absolute atomic E-state index is 0.229. The number of amides is 3. The van der Waals surface area contributed by atoms with Crippen molar-refractivity contribution in [3.05, 3.63) is 65.1 Å². The lowest BCUT2D eigenvalue weighted by Gasteiger charge is -2.19. The first-order valence-electron chi connectivity index (χ1n) is 10.5. The van der Waals surface area contributed by atoms with Crippen LogP contribution in [0.15, 0.2) is 59.5 Å². The Hall–Kier alpha value is -3.98. The van der Waals surface area contributed by atoms with E-state index in [1.807, 2.05) is 36.4 Å². The summed E-state index contributed by atoms with van der Waals surface area (Å²) in [5.74, 6) is 0.693. The van der Waals surface area contributed by atoms with E-state index in [9.17, 15) is 14.4 Å². The zero-order valence-corrected chi connectivity index (χ0v) is 19.0. The van der Waals surface area contributed by atoms with Crippen molar-refractivity contribution in [3.8, 4) is 17.2 Å². The summed E-state index contributed by atoms with van der Waals surface area (Å²) in [6.45, 7) is 0.494. The number of thioether (sulfide) groups is 1. The molecule has 34 heavy (non-hydrogen) atoms. The van der Waals surface area contributed by atoms with Crippen molar-refractivity contribution in [1.29, 1.82) is 0 Å². The highest BCUT2D eigenvalue weighted by molar-refractivity contribution is 8.18. The molecular formula is C25H20N2O6S. The Morgan fingerprint density at radius 1 is 1.09 bits per heavy atom. The minimum atomic E-state index is -0.526. The quantitative estimate of drug-likeness (QED) is 0.549. The maximum Gasteiger partial charge on any atom is 0.294 e. The van der Waals surface area contributed by atoms with Crippen molar-refractivity contribution in [2.75, 3.05) is 32.2 Å². The van der Waals surface area contributed by atoms with E-state index in [2.05, 4.69) is 5.32 Å². The molecule has 5 rings (SSSR count). The van der Waals surface area contributed by atoms with Gasteiger partial charge in [-0.25, -0.2) is 0 Å². The molecule has 0 saturated carbocycles. The van der Waals surface area contributed by atoms with Crippen LogP contribution < -0.4 is 19.5 Å². The van der Waals surface area contributed by atoms with Crippen molar-refractivity contribution in [3.63, 3.8) is 0 Å². The average molecular weight is 477 g/mol. The summed E-state index contributed by atoms with van der Waals surface area (Å²) in [5, 5.41) is 4.06. The number of carbonyl (C=O) groups excluding carboxylic acids is 3. The molecule has 0 spiro atoms. The van der Waals surface area contributed by atoms with E-state index >= 15 is 0 Å². The smallest absolute Gasteiger partial charge is 0.294 e. The van der Waals surface area contributed by atoms with Crippen molar-refractivity contribution in [2.24, 2.45) is 0 Å². The number of nitrogens with zero attached hydrogens (tertiary/aromatic N) is 1. The molecule has 0 atom stereocenters. The molecule has 1 fully saturated rings. The van der Waals surface area contributed by atoms with Crippen molar-refractivity contribution in [2.45, 2.75) is 0 Å². The van der Waals surface area contributed by atoms with Gasteiger partial charge in [0.1, 0.15) is 25.5 Å². The Morgan fingerprint density at radius 2 is 1.88 bits per heavy atom. The molecule has 1 N–H and O–H groups in total. The molecule has 2 aliphatic rings. The first kappa shape index (κ1) is 21.8. The van der Waals surface area contributed by atoms with Crippen LogP contribution in [0.2, 0.25) is 0 Å². The first-order chi connectivity index (χ1) is 16.5. The topological polar surface area (TPSA) is 94.2 Å². The normalized spacial score (nSPS) is 16.3. The number of hydrogen-bond acceptors (Lipinski definition) is 7. The van der Waals surface area contributed by atoms with Gasteiger partial charge in [-0.15, -0.1) is 0 Å². The molecule has 0 aromatic heterocycles. The van der Waals surface area contributed by atoms with Gasteiger partial charge in [-0.2, -0.15) is 0 Å². The molecule has 2 heterocycles. The van der Waals surface area contributed by atoms with E-state index in [4.69, 9.17) is 14.2 Å². The van der Waals surface area contributed by atoms with E-state index in [0.717, 1.165) is 27.4 Å². The molecule has 8 nitrogen and oxygen atoms in total. The molecule has 0 radical (unpaired) electrons. The van der Waals surface area contributed by atoms with Crippen LogP contribution in [0.5, 0.6) is 17.2 Å². The predicted molar refractivity (Wildman–Crippen MR) is 129 cm³/mol. The highest BCUT2D eigenvalue weighted by atomic mass is 32.2. The van der Waals surface area contributed by atoms with Gasteiger partial charge in [0.05, 0.1) is 12.0 Å². The summed E-state index contributed by atoms with van der Waals surface area (Å²) >= 11 is 0.798. The minimum Gasteiger partial charge on any atom is -0.496 e. The first-order valence-corrected chi connectivity index (χ1v) is 11.4. The third-order valence-corrected chi connectivity index (χ3v) is 6.33. The van der Waals surface area contributed by atoms with Gasteiger partial charge < -0.3 is 19.5 Å². The van der Waals surface area contributed by atoms with Gasteiger partial charge in [0, 0.05) is 17.3 Å². The molecule has 0 bridgehead atoms. The van der Waals surface area contributed by atoms with Crippen molar-refractivity contribution >= 4 is 51.4 Å². The van der Waals surface area contributed by atoms with Crippen LogP contribution in [0.1, 0.15) is 5.56 Å². The lowest BCUT2D eigenvalue weighted by molar-refractivity contribution is -0.127. The molecule has 3 aromatic carbocycles. The highest BCUT2D eigenvalue weighted by Crippen LogP contribution is 2.37. The third-order valence-electron chi connectivity index (χ3n) is 5.43. The zero-order chi connectivity index (χ0) is 23.7. The monoisotopic (exact) mass is 476 g/mol. The number of carbonyl (C=O) groups is 3. The molecule has 3 aromatic rings. The molecular weight excluding hydrogens is 456 g/mol. The fourth-order valence-electron chi connectivity index (χ4n) is 3.84. The number of hydrogen-bond donors (Lipinski definition) is 1. The van der Waals surface area contributed by atoms with Gasteiger partial charge in [0.25, 0.3) is 11.1 Å². The molecule has 0 unspecified atom stereocenters. The Balaban J connectivity index is 1.34. The standard InChI is InChI=1S/C25H20N2O6S/c1-31-19-8-6-15-4-2-3-5-17(15)18(19)13-22-24(29)27(25(30)34-22)14-23(28)26-16-7-9-20-21(12-16)33-11-10-32-20/h2-9,12-13H,10-11,14H2,1H3,(H,26,28)/b22-13+. The van der Waals surface area contributed by atoms with E-state index in [1.54, 1.807) is 31.4 Å². The van der Waals surface area contributed by atoms with Crippen LogP contribution in [0.4, 0.5) is 10.5 Å². The van der Waals surface area contributed by atoms with Gasteiger partial charge in [-0.3, -0.25) is 19.3 Å². The van der Waals surface area contributed by atoms with Crippen LogP contribution >= 0.6 is 11.8 Å². The van der Waals surface area contributed by atoms with E-state index < -0.39 is 23.6 Å². The molecule has 2 aliphatic heterocycles. The maximum atomic E-state index is 13.0. The number of fused-ring (bicyclic) bond motifs is 2. The number of ether oxygens (including phenoxy) is 3. The van der Waals surface area contributed by atoms with Crippen LogP contribution in [0.3, 0.4) is 0 Å². The summed E-state index contributed by atoms with van der Waals surface area (Å²) in [5.41, 5.74) is 1.18. The summed E-state index contributed by atoms with van der Waals surface area (Å²) in [6.07, 6.45) is 1.64. The predicted octanol–water partition coefficient (Wildman–Crippen LogP) is 4.29. The van der Waals surface area contributed by atoms with E-state index in [-0.39, 0.29) is 4.91 Å². The average Bonchev–Trinajstić information content (AvgIpc) is 3.11. The van der Waals surface area contributed by atoms with Crippen LogP contribution in [0.25, 0.3) is 16.8 Å². The lowest BCUT2D eigenvalue weighted by atomic mass is 10.0. The second-order valence-electron chi connectivity index (χ2n) is 7.58. The SMILES string of the molecule is COc1ccc2ccccc2c1/C=C1/SC(=O)N(CC(=O)Nc2ccc3c(c2)OCCO3)C1=O. The second kappa shape index (κ2) is 9.11. The van der Waals surface area contributed by atoms with Gasteiger partial charge in [-0.1, -0.05) is 30.3 Å². The van der Waals surface area contributed by atoms with Gasteiger partial charge in [-0.05, 0) is 46.8 Å². The summed E-state index contributed by atoms with van der Waals surface area (Å²) in [6, 6.07) is 16.5. The largest absolute Gasteiger partial charge is 0.496 e. The van der Waals surface area contributed by atoms with Crippen molar-refractivity contribution < 1.29 is 28.6 Å². The second-order valence-corrected chi connectivity index (χ2v) is 8.57. The Bertz CT molecular complexity index is 1350. The Labute approximate surface area is 199 Å². The summed E-state index contributed by atoms with van der Waals surface area (Å²) in [4.78, 5) is 39.3. The zero-order valence-electron chi connectivity index (χ0n) is 18.2. The van der Waals surface area contributed by atoms with Gasteiger partial charge in [0.2, 0.25) is 5.91 Å². The van der Waals surface area contributed by atoms with E-state index in [1.165, 1.54) is 0 Å². The summed E-state index contributed by atoms with van der Waals surface area (Å²) in [7, 11) is 1.55. The van der Waals surface area contributed by atoms with Crippen LogP contribution in [-0.4, -0.2) is 48.8 Å². The van der Waals surface area contributed by atoms with E-state index in [0.29, 0.717) is 41.7 Å². The fraction of sp³-hybridized carbons (Fsp3) is 0.160. The molecule has 172 valence electrons. The Morgan fingerprint density at radius 3 is 2.71 bits per heavy atom. The number of benzene rings is 3. The summed E-state index contributed by atoms with van der Waals surface area (Å²) < 4.78 is 16.5. The van der Waals surface area contributed by atoms with Crippen LogP contribution in [-0.2, 0) is 9.59 Å². The molecule has 0 aliphatic carbocycles. The number of imide groups is 1. The number of rotatable bonds is 5. The van der Waals surface area contributed by atoms with Crippen LogP contribution in [0, 0.1) is 0 Å². The van der Waals surface area contributed by atoms with Gasteiger partial charge in [0.15, 0.2) is 11.5 Å². The molecule has 1 saturated heterocycles. The Kier molecular flexibility index (Phi) is 5.85. The fourth-order valence-corrected chi connectivity index (χ4v) is 4.66. The highest BCUT2D eigenvalue weighted by Gasteiger charge is 2.36. The molecule has 3 amide bonds. The number of anilines is 1. The lowest BCUT2D eigenvalue weighted by Crippen LogP contribution is -2.36. The third kappa shape index (κ3) is 4.17.